The van der Waals surface area contributed by atoms with Crippen LogP contribution in [0.3, 0.4) is 0 Å². The van der Waals surface area contributed by atoms with E-state index in [2.05, 4.69) is 4.98 Å². The van der Waals surface area contributed by atoms with Crippen LogP contribution >= 0.6 is 11.6 Å². The second-order valence-corrected chi connectivity index (χ2v) is 8.48. The van der Waals surface area contributed by atoms with Crippen molar-refractivity contribution in [1.29, 1.82) is 0 Å². The minimum absolute atomic E-state index is 0.0126. The summed E-state index contributed by atoms with van der Waals surface area (Å²) in [6.45, 7) is 0.306. The lowest BCUT2D eigenvalue weighted by Crippen LogP contribution is -2.39. The zero-order valence-electron chi connectivity index (χ0n) is 17.4. The van der Waals surface area contributed by atoms with E-state index >= 15 is 0 Å². The third-order valence-electron chi connectivity index (χ3n) is 3.84. The number of alkyl halides is 6. The maximum absolute atomic E-state index is 12.8. The smallest absolute Gasteiger partial charge is 0.491 e. The number of aromatic nitrogens is 1. The fraction of sp³-hybridized carbons (Fsp3) is 0.263. The van der Waals surface area contributed by atoms with E-state index in [0.717, 1.165) is 10.8 Å². The zero-order valence-corrected chi connectivity index (χ0v) is 19.0. The van der Waals surface area contributed by atoms with Crippen LogP contribution in [0.5, 0.6) is 17.4 Å². The number of benzene rings is 1. The molecule has 0 radical (unpaired) electrons. The quantitative estimate of drug-likeness (QED) is 0.278. The number of nitrogens with zero attached hydrogens (tertiary/aromatic N) is 1. The summed E-state index contributed by atoms with van der Waals surface area (Å²) in [6.07, 6.45) is -2.89. The largest absolute Gasteiger partial charge is 0.516 e. The SMILES string of the molecule is COCCOc1ccc(C=CC(=O)NS(=O)(=O)C(F)(F)F)c(Oc2ncc(C(F)(F)F)cc2Cl)c1. The highest BCUT2D eigenvalue weighted by molar-refractivity contribution is 7.90. The molecule has 0 bridgehead atoms. The third-order valence-corrected chi connectivity index (χ3v) is 5.19. The first-order valence-corrected chi connectivity index (χ1v) is 11.0. The molecule has 0 spiro atoms. The van der Waals surface area contributed by atoms with Gasteiger partial charge in [0.05, 0.1) is 12.2 Å². The molecule has 35 heavy (non-hydrogen) atoms. The van der Waals surface area contributed by atoms with Crippen LogP contribution in [0.4, 0.5) is 26.3 Å². The first kappa shape index (κ1) is 28.2. The predicted molar refractivity (Wildman–Crippen MR) is 110 cm³/mol. The van der Waals surface area contributed by atoms with Crippen LogP contribution in [0.25, 0.3) is 6.08 Å². The van der Waals surface area contributed by atoms with E-state index in [1.54, 1.807) is 0 Å². The molecule has 16 heteroatoms. The first-order valence-electron chi connectivity index (χ1n) is 9.11. The molecule has 1 aromatic carbocycles. The van der Waals surface area contributed by atoms with E-state index in [1.807, 2.05) is 0 Å². The third kappa shape index (κ3) is 8.00. The summed E-state index contributed by atoms with van der Waals surface area (Å²) < 4.78 is 114. The Labute approximate surface area is 199 Å². The molecule has 0 aliphatic carbocycles. The second-order valence-electron chi connectivity index (χ2n) is 6.40. The first-order chi connectivity index (χ1) is 16.1. The zero-order chi connectivity index (χ0) is 26.4. The van der Waals surface area contributed by atoms with E-state index in [-0.39, 0.29) is 30.3 Å². The fourth-order valence-corrected chi connectivity index (χ4v) is 2.88. The number of sulfonamides is 1. The van der Waals surface area contributed by atoms with Gasteiger partial charge in [-0.3, -0.25) is 4.79 Å². The maximum Gasteiger partial charge on any atom is 0.516 e. The van der Waals surface area contributed by atoms with Gasteiger partial charge in [0.2, 0.25) is 5.88 Å². The van der Waals surface area contributed by atoms with E-state index in [0.29, 0.717) is 18.3 Å². The molecule has 0 fully saturated rings. The van der Waals surface area contributed by atoms with E-state index in [1.165, 1.54) is 25.3 Å². The Kier molecular flexibility index (Phi) is 8.97. The molecule has 2 rings (SSSR count). The van der Waals surface area contributed by atoms with E-state index < -0.39 is 44.1 Å². The Hall–Kier alpha value is -3.04. The summed E-state index contributed by atoms with van der Waals surface area (Å²) >= 11 is 5.83. The van der Waals surface area contributed by atoms with Crippen LogP contribution in [0.2, 0.25) is 5.02 Å². The number of nitrogens with one attached hydrogen (secondary N) is 1. The molecule has 0 aliphatic rings. The van der Waals surface area contributed by atoms with Crippen molar-refractivity contribution in [2.24, 2.45) is 0 Å². The summed E-state index contributed by atoms with van der Waals surface area (Å²) in [4.78, 5) is 15.2. The van der Waals surface area contributed by atoms with Gasteiger partial charge in [-0.1, -0.05) is 11.6 Å². The predicted octanol–water partition coefficient (Wildman–Crippen LogP) is 4.55. The fourth-order valence-electron chi connectivity index (χ4n) is 2.22. The number of rotatable bonds is 9. The average molecular weight is 549 g/mol. The van der Waals surface area contributed by atoms with Gasteiger partial charge in [0.15, 0.2) is 0 Å². The summed E-state index contributed by atoms with van der Waals surface area (Å²) in [5, 5.41) is -0.519. The van der Waals surface area contributed by atoms with Crippen LogP contribution in [0.15, 0.2) is 36.5 Å². The van der Waals surface area contributed by atoms with Crippen molar-refractivity contribution in [2.75, 3.05) is 20.3 Å². The molecular weight excluding hydrogens is 534 g/mol. The topological polar surface area (TPSA) is 104 Å². The lowest BCUT2D eigenvalue weighted by atomic mass is 10.1. The summed E-state index contributed by atoms with van der Waals surface area (Å²) in [6, 6.07) is 4.44. The Morgan fingerprint density at radius 3 is 2.40 bits per heavy atom. The van der Waals surface area contributed by atoms with E-state index in [4.69, 9.17) is 25.8 Å². The van der Waals surface area contributed by atoms with Crippen molar-refractivity contribution >= 4 is 33.6 Å². The molecule has 0 atom stereocenters. The number of halogens is 7. The van der Waals surface area contributed by atoms with Gasteiger partial charge in [0.25, 0.3) is 5.91 Å². The van der Waals surface area contributed by atoms with Crippen molar-refractivity contribution in [3.8, 4) is 17.4 Å². The highest BCUT2D eigenvalue weighted by atomic mass is 35.5. The second kappa shape index (κ2) is 11.1. The van der Waals surface area contributed by atoms with Crippen LogP contribution in [0.1, 0.15) is 11.1 Å². The molecule has 8 nitrogen and oxygen atoms in total. The van der Waals surface area contributed by atoms with Crippen molar-refractivity contribution < 1.29 is 53.8 Å². The van der Waals surface area contributed by atoms with Gasteiger partial charge in [0.1, 0.15) is 23.1 Å². The van der Waals surface area contributed by atoms with Gasteiger partial charge in [0, 0.05) is 31.0 Å². The van der Waals surface area contributed by atoms with Gasteiger partial charge < -0.3 is 14.2 Å². The molecular formula is C19H15ClF6N2O6S. The van der Waals surface area contributed by atoms with E-state index in [9.17, 15) is 39.6 Å². The van der Waals surface area contributed by atoms with Gasteiger partial charge in [-0.25, -0.2) is 9.71 Å². The molecule has 0 aliphatic heterocycles. The minimum atomic E-state index is -5.93. The Morgan fingerprint density at radius 1 is 1.14 bits per heavy atom. The molecule has 2 aromatic rings. The monoisotopic (exact) mass is 548 g/mol. The summed E-state index contributed by atoms with van der Waals surface area (Å²) in [7, 11) is -4.51. The molecule has 0 unspecified atom stereocenters. The molecule has 1 aromatic heterocycles. The number of carbonyl (C=O) groups is 1. The number of ether oxygens (including phenoxy) is 3. The van der Waals surface area contributed by atoms with Crippen LogP contribution < -0.4 is 14.2 Å². The maximum atomic E-state index is 12.8. The summed E-state index contributed by atoms with van der Waals surface area (Å²) in [5.74, 6) is -2.09. The van der Waals surface area contributed by atoms with Crippen molar-refractivity contribution in [2.45, 2.75) is 11.7 Å². The highest BCUT2D eigenvalue weighted by Crippen LogP contribution is 2.36. The Bertz CT molecular complexity index is 1200. The molecule has 1 heterocycles. The van der Waals surface area contributed by atoms with Crippen LogP contribution in [-0.2, 0) is 25.7 Å². The Balaban J connectivity index is 2.36. The number of pyridine rings is 1. The van der Waals surface area contributed by atoms with Gasteiger partial charge >= 0.3 is 21.7 Å². The summed E-state index contributed by atoms with van der Waals surface area (Å²) in [5.41, 5.74) is -6.87. The number of hydrogen-bond donors (Lipinski definition) is 1. The van der Waals surface area contributed by atoms with Crippen molar-refractivity contribution in [1.82, 2.24) is 9.71 Å². The van der Waals surface area contributed by atoms with Crippen molar-refractivity contribution in [3.05, 3.63) is 52.7 Å². The number of amides is 1. The average Bonchev–Trinajstić information content (AvgIpc) is 2.73. The molecule has 1 N–H and O–H groups in total. The lowest BCUT2D eigenvalue weighted by Gasteiger charge is -2.13. The number of carbonyl (C=O) groups excluding carboxylic acids is 1. The van der Waals surface area contributed by atoms with Crippen LogP contribution in [0, 0.1) is 0 Å². The van der Waals surface area contributed by atoms with Gasteiger partial charge in [-0.05, 0) is 24.3 Å². The van der Waals surface area contributed by atoms with Gasteiger partial charge in [-0.15, -0.1) is 0 Å². The number of methoxy groups -OCH3 is 1. The normalized spacial score (nSPS) is 12.6. The van der Waals surface area contributed by atoms with Gasteiger partial charge in [-0.2, -0.15) is 34.8 Å². The Morgan fingerprint density at radius 2 is 1.83 bits per heavy atom. The molecule has 1 amide bonds. The minimum Gasteiger partial charge on any atom is -0.491 e. The highest BCUT2D eigenvalue weighted by Gasteiger charge is 2.46. The van der Waals surface area contributed by atoms with Crippen LogP contribution in [-0.4, -0.2) is 45.1 Å². The number of hydrogen-bond acceptors (Lipinski definition) is 7. The molecule has 0 saturated carbocycles. The lowest BCUT2D eigenvalue weighted by molar-refractivity contribution is -0.137. The molecule has 192 valence electrons. The molecule has 0 saturated heterocycles. The van der Waals surface area contributed by atoms with Crippen molar-refractivity contribution in [3.63, 3.8) is 0 Å². The standard InChI is InChI=1S/C19H15ClF6N2O6S/c1-32-6-7-33-13-4-2-11(3-5-16(29)28-35(30,31)19(24,25)26)15(9-13)34-17-14(20)8-12(10-27-17)18(21,22)23/h2-5,8-10H,6-7H2,1H3,(H,28,29).